The molecule has 0 saturated heterocycles. The Morgan fingerprint density at radius 1 is 1.11 bits per heavy atom. The zero-order valence-electron chi connectivity index (χ0n) is 10.3. The second-order valence-corrected chi connectivity index (χ2v) is 6.21. The number of alkyl halides is 1. The fraction of sp³-hybridized carbons (Fsp3) is 0.571. The summed E-state index contributed by atoms with van der Waals surface area (Å²) in [6, 6.07) is 2.14. The predicted molar refractivity (Wildman–Crippen MR) is 71.2 cm³/mol. The number of benzene rings is 1. The molecule has 1 saturated carbocycles. The second kappa shape index (κ2) is 5.34. The molecule has 1 aromatic carbocycles. The van der Waals surface area contributed by atoms with Gasteiger partial charge in [0.15, 0.2) is 11.6 Å². The summed E-state index contributed by atoms with van der Waals surface area (Å²) in [6.45, 7) is 2.10. The van der Waals surface area contributed by atoms with E-state index in [4.69, 9.17) is 23.2 Å². The van der Waals surface area contributed by atoms with E-state index in [2.05, 4.69) is 6.92 Å². The van der Waals surface area contributed by atoms with Crippen LogP contribution in [-0.4, -0.2) is 0 Å². The molecule has 1 aliphatic rings. The van der Waals surface area contributed by atoms with Crippen molar-refractivity contribution in [3.05, 3.63) is 34.4 Å². The average molecular weight is 293 g/mol. The molecule has 2 rings (SSSR count). The van der Waals surface area contributed by atoms with Crippen LogP contribution in [0.15, 0.2) is 12.1 Å². The molecule has 0 aromatic heterocycles. The van der Waals surface area contributed by atoms with Crippen molar-refractivity contribution < 1.29 is 8.78 Å². The van der Waals surface area contributed by atoms with Crippen molar-refractivity contribution in [3.8, 4) is 0 Å². The molecule has 0 bridgehead atoms. The van der Waals surface area contributed by atoms with Crippen LogP contribution in [0.5, 0.6) is 0 Å². The first-order chi connectivity index (χ1) is 8.44. The van der Waals surface area contributed by atoms with Gasteiger partial charge in [0.2, 0.25) is 0 Å². The molecule has 0 N–H and O–H groups in total. The smallest absolute Gasteiger partial charge is 0.160 e. The van der Waals surface area contributed by atoms with Crippen LogP contribution in [0, 0.1) is 17.0 Å². The Balaban J connectivity index is 2.33. The molecule has 1 aromatic rings. The normalized spacial score (nSPS) is 20.7. The topological polar surface area (TPSA) is 0 Å². The third-order valence-electron chi connectivity index (χ3n) is 3.92. The third-order valence-corrected chi connectivity index (χ3v) is 5.01. The van der Waals surface area contributed by atoms with Gasteiger partial charge in [0, 0.05) is 5.02 Å². The Bertz CT molecular complexity index is 440. The van der Waals surface area contributed by atoms with E-state index in [1.807, 2.05) is 0 Å². The summed E-state index contributed by atoms with van der Waals surface area (Å²) in [6.07, 6.45) is 5.46. The highest BCUT2D eigenvalue weighted by molar-refractivity contribution is 6.32. The van der Waals surface area contributed by atoms with Gasteiger partial charge in [-0.1, -0.05) is 37.8 Å². The maximum Gasteiger partial charge on any atom is 0.160 e. The fourth-order valence-corrected chi connectivity index (χ4v) is 3.43. The first kappa shape index (κ1) is 14.1. The van der Waals surface area contributed by atoms with E-state index in [0.29, 0.717) is 5.56 Å². The number of halogens is 4. The van der Waals surface area contributed by atoms with Gasteiger partial charge in [-0.2, -0.15) is 0 Å². The molecule has 0 heterocycles. The van der Waals surface area contributed by atoms with Crippen molar-refractivity contribution in [3.63, 3.8) is 0 Å². The van der Waals surface area contributed by atoms with Crippen molar-refractivity contribution in [2.45, 2.75) is 44.4 Å². The Hall–Kier alpha value is -0.340. The van der Waals surface area contributed by atoms with Crippen LogP contribution in [0.3, 0.4) is 0 Å². The Morgan fingerprint density at radius 2 is 1.67 bits per heavy atom. The van der Waals surface area contributed by atoms with Crippen molar-refractivity contribution in [1.29, 1.82) is 0 Å². The Kier molecular flexibility index (Phi) is 4.18. The summed E-state index contributed by atoms with van der Waals surface area (Å²) in [5.41, 5.74) is 0.412. The SMILES string of the molecule is CC1(C(Cl)c2cc(F)c(F)cc2Cl)CCCCC1. The van der Waals surface area contributed by atoms with Gasteiger partial charge in [-0.05, 0) is 36.0 Å². The molecule has 0 nitrogen and oxygen atoms in total. The summed E-state index contributed by atoms with van der Waals surface area (Å²) in [5, 5.41) is -0.166. The minimum absolute atomic E-state index is 0.0896. The Labute approximate surface area is 116 Å². The average Bonchev–Trinajstić information content (AvgIpc) is 2.34. The molecule has 0 aliphatic heterocycles. The minimum Gasteiger partial charge on any atom is -0.204 e. The molecule has 1 aliphatic carbocycles. The molecule has 0 radical (unpaired) electrons. The zero-order chi connectivity index (χ0) is 13.3. The molecule has 1 unspecified atom stereocenters. The van der Waals surface area contributed by atoms with Crippen molar-refractivity contribution in [2.24, 2.45) is 5.41 Å². The Morgan fingerprint density at radius 3 is 2.28 bits per heavy atom. The molecular weight excluding hydrogens is 277 g/mol. The summed E-state index contributed by atoms with van der Waals surface area (Å²) in [7, 11) is 0. The van der Waals surface area contributed by atoms with E-state index in [0.717, 1.165) is 37.8 Å². The highest BCUT2D eigenvalue weighted by Crippen LogP contribution is 2.50. The summed E-state index contributed by atoms with van der Waals surface area (Å²) in [4.78, 5) is 0. The maximum atomic E-state index is 13.3. The molecule has 18 heavy (non-hydrogen) atoms. The second-order valence-electron chi connectivity index (χ2n) is 5.37. The van der Waals surface area contributed by atoms with E-state index in [1.165, 1.54) is 6.42 Å². The molecular formula is C14H16Cl2F2. The van der Waals surface area contributed by atoms with Gasteiger partial charge in [0.1, 0.15) is 0 Å². The lowest BCUT2D eigenvalue weighted by Crippen LogP contribution is -2.25. The predicted octanol–water partition coefficient (Wildman–Crippen LogP) is 5.87. The molecule has 100 valence electrons. The fourth-order valence-electron chi connectivity index (χ4n) is 2.72. The lowest BCUT2D eigenvalue weighted by molar-refractivity contribution is 0.206. The minimum atomic E-state index is -0.929. The van der Waals surface area contributed by atoms with Crippen LogP contribution >= 0.6 is 23.2 Å². The van der Waals surface area contributed by atoms with Crippen LogP contribution in [-0.2, 0) is 0 Å². The van der Waals surface area contributed by atoms with Crippen LogP contribution in [0.25, 0.3) is 0 Å². The van der Waals surface area contributed by atoms with Crippen LogP contribution in [0.1, 0.15) is 50.0 Å². The van der Waals surface area contributed by atoms with Crippen LogP contribution in [0.2, 0.25) is 5.02 Å². The van der Waals surface area contributed by atoms with Gasteiger partial charge >= 0.3 is 0 Å². The van der Waals surface area contributed by atoms with Gasteiger partial charge in [0.25, 0.3) is 0 Å². The third kappa shape index (κ3) is 2.65. The monoisotopic (exact) mass is 292 g/mol. The molecule has 4 heteroatoms. The van der Waals surface area contributed by atoms with Crippen LogP contribution in [0.4, 0.5) is 8.78 Å². The first-order valence-electron chi connectivity index (χ1n) is 6.22. The quantitative estimate of drug-likeness (QED) is 0.472. The van der Waals surface area contributed by atoms with Crippen LogP contribution < -0.4 is 0 Å². The number of hydrogen-bond acceptors (Lipinski definition) is 0. The van der Waals surface area contributed by atoms with Gasteiger partial charge < -0.3 is 0 Å². The highest BCUT2D eigenvalue weighted by Gasteiger charge is 2.36. The largest absolute Gasteiger partial charge is 0.204 e. The lowest BCUT2D eigenvalue weighted by Gasteiger charge is -2.38. The standard InChI is InChI=1S/C14H16Cl2F2/c1-14(5-3-2-4-6-14)13(16)9-7-11(17)12(18)8-10(9)15/h7-8,13H,2-6H2,1H3. The number of hydrogen-bond donors (Lipinski definition) is 0. The molecule has 1 fully saturated rings. The van der Waals surface area contributed by atoms with Gasteiger partial charge in [-0.15, -0.1) is 11.6 Å². The van der Waals surface area contributed by atoms with Crippen molar-refractivity contribution in [2.75, 3.05) is 0 Å². The van der Waals surface area contributed by atoms with E-state index >= 15 is 0 Å². The van der Waals surface area contributed by atoms with E-state index in [9.17, 15) is 8.78 Å². The zero-order valence-corrected chi connectivity index (χ0v) is 11.8. The number of rotatable bonds is 2. The van der Waals surface area contributed by atoms with E-state index < -0.39 is 11.6 Å². The molecule has 0 spiro atoms. The molecule has 1 atom stereocenters. The lowest BCUT2D eigenvalue weighted by atomic mass is 9.71. The van der Waals surface area contributed by atoms with Gasteiger partial charge in [-0.25, -0.2) is 8.78 Å². The van der Waals surface area contributed by atoms with Gasteiger partial charge in [0.05, 0.1) is 5.38 Å². The maximum absolute atomic E-state index is 13.3. The molecule has 0 amide bonds. The van der Waals surface area contributed by atoms with Crippen molar-refractivity contribution >= 4 is 23.2 Å². The van der Waals surface area contributed by atoms with Gasteiger partial charge in [-0.3, -0.25) is 0 Å². The summed E-state index contributed by atoms with van der Waals surface area (Å²) >= 11 is 12.5. The first-order valence-corrected chi connectivity index (χ1v) is 7.04. The van der Waals surface area contributed by atoms with E-state index in [-0.39, 0.29) is 15.8 Å². The van der Waals surface area contributed by atoms with Crippen molar-refractivity contribution in [1.82, 2.24) is 0 Å². The summed E-state index contributed by atoms with van der Waals surface area (Å²) in [5.74, 6) is -1.82. The summed E-state index contributed by atoms with van der Waals surface area (Å²) < 4.78 is 26.4. The van der Waals surface area contributed by atoms with E-state index in [1.54, 1.807) is 0 Å². The highest BCUT2D eigenvalue weighted by atomic mass is 35.5.